The second-order valence-electron chi connectivity index (χ2n) is 4.89. The highest BCUT2D eigenvalue weighted by molar-refractivity contribution is 8.00. The summed E-state index contributed by atoms with van der Waals surface area (Å²) in [5.74, 6) is -0.408. The molecule has 1 heterocycles. The van der Waals surface area contributed by atoms with Gasteiger partial charge in [0.25, 0.3) is 5.91 Å². The quantitative estimate of drug-likeness (QED) is 0.431. The van der Waals surface area contributed by atoms with Gasteiger partial charge in [-0.05, 0) is 22.5 Å². The van der Waals surface area contributed by atoms with Gasteiger partial charge in [0, 0.05) is 5.56 Å². The molecule has 0 saturated heterocycles. The molecule has 0 bridgehead atoms. The molecule has 0 spiro atoms. The molecule has 0 fully saturated rings. The van der Waals surface area contributed by atoms with Crippen LogP contribution in [0.1, 0.15) is 10.5 Å². The molecule has 3 rings (SSSR count). The number of amides is 1. The van der Waals surface area contributed by atoms with E-state index in [1.807, 2.05) is 60.7 Å². The smallest absolute Gasteiger partial charge is 0.290 e. The summed E-state index contributed by atoms with van der Waals surface area (Å²) in [7, 11) is 0. The highest BCUT2D eigenvalue weighted by atomic mass is 32.1. The van der Waals surface area contributed by atoms with Crippen molar-refractivity contribution in [2.75, 3.05) is 0 Å². The van der Waals surface area contributed by atoms with E-state index in [0.29, 0.717) is 0 Å². The number of carbonyl (C=O) groups excluding carboxylic acids is 1. The average molecular weight is 353 g/mol. The Balaban J connectivity index is 2.03. The van der Waals surface area contributed by atoms with Crippen molar-refractivity contribution in [2.24, 2.45) is 0 Å². The predicted molar refractivity (Wildman–Crippen MR) is 99.6 cm³/mol. The first-order chi connectivity index (χ1) is 11.6. The number of aromatic nitrogens is 2. The molecule has 1 aromatic heterocycles. The summed E-state index contributed by atoms with van der Waals surface area (Å²) >= 11 is 9.42. The first kappa shape index (κ1) is 16.1. The van der Waals surface area contributed by atoms with E-state index >= 15 is 0 Å². The summed E-state index contributed by atoms with van der Waals surface area (Å²) in [5, 5.41) is 4.42. The van der Waals surface area contributed by atoms with Crippen LogP contribution in [-0.4, -0.2) is 20.0 Å². The second-order valence-corrected chi connectivity index (χ2v) is 5.97. The third-order valence-corrected chi connectivity index (χ3v) is 3.49. The zero-order valence-electron chi connectivity index (χ0n) is 12.5. The van der Waals surface area contributed by atoms with Crippen LogP contribution in [-0.2, 0) is 12.6 Å². The lowest BCUT2D eigenvalue weighted by molar-refractivity contribution is 0.0939. The van der Waals surface area contributed by atoms with Crippen LogP contribution >= 0.6 is 12.2 Å². The summed E-state index contributed by atoms with van der Waals surface area (Å²) < 4.78 is 1.80. The van der Waals surface area contributed by atoms with Crippen LogP contribution in [0.15, 0.2) is 66.7 Å². The van der Waals surface area contributed by atoms with Gasteiger partial charge in [0.15, 0.2) is 5.69 Å². The van der Waals surface area contributed by atoms with Gasteiger partial charge in [0.2, 0.25) is 0 Å². The fourth-order valence-electron chi connectivity index (χ4n) is 2.24. The van der Waals surface area contributed by atoms with Crippen molar-refractivity contribution in [1.82, 2.24) is 20.6 Å². The van der Waals surface area contributed by atoms with E-state index in [4.69, 9.17) is 24.8 Å². The van der Waals surface area contributed by atoms with Gasteiger partial charge < -0.3 is 30.3 Å². The Morgan fingerprint density at radius 1 is 1.00 bits per heavy atom. The SMILES string of the molecule is O=C(NNC(=S)[S-])c1cc(-c2ccccc2)n(-c2ccccc2)n1. The number of thiocarbonyl (C=S) groups is 1. The van der Waals surface area contributed by atoms with Gasteiger partial charge in [-0.1, -0.05) is 48.5 Å². The largest absolute Gasteiger partial charge is 0.410 e. The number of carbonyl (C=O) groups is 1. The molecule has 0 atom stereocenters. The van der Waals surface area contributed by atoms with Crippen LogP contribution in [0.4, 0.5) is 0 Å². The van der Waals surface area contributed by atoms with Crippen LogP contribution in [0.25, 0.3) is 16.9 Å². The molecule has 0 radical (unpaired) electrons. The number of rotatable bonds is 3. The Hall–Kier alpha value is -2.77. The Bertz CT molecular complexity index is 806. The highest BCUT2D eigenvalue weighted by Crippen LogP contribution is 2.23. The molecule has 0 saturated carbocycles. The fraction of sp³-hybridized carbons (Fsp3) is 0. The molecular formula is C17H13N4OS2-. The topological polar surface area (TPSA) is 59.0 Å². The van der Waals surface area contributed by atoms with Crippen LogP contribution in [0, 0.1) is 0 Å². The third-order valence-electron chi connectivity index (χ3n) is 3.29. The Labute approximate surface area is 150 Å². The molecule has 2 aromatic carbocycles. The number of para-hydroxylation sites is 1. The number of benzene rings is 2. The molecule has 7 heteroatoms. The first-order valence-electron chi connectivity index (χ1n) is 7.13. The van der Waals surface area contributed by atoms with Crippen molar-refractivity contribution < 1.29 is 4.79 Å². The van der Waals surface area contributed by atoms with E-state index in [-0.39, 0.29) is 10.0 Å². The lowest BCUT2D eigenvalue weighted by Crippen LogP contribution is -2.40. The summed E-state index contributed by atoms with van der Waals surface area (Å²) in [6.45, 7) is 0. The number of hydrogen-bond donors (Lipinski definition) is 2. The minimum atomic E-state index is -0.408. The van der Waals surface area contributed by atoms with Crippen LogP contribution < -0.4 is 10.9 Å². The number of nitrogens with one attached hydrogen (secondary N) is 2. The molecule has 120 valence electrons. The van der Waals surface area contributed by atoms with Crippen molar-refractivity contribution in [2.45, 2.75) is 0 Å². The fourth-order valence-corrected chi connectivity index (χ4v) is 2.35. The van der Waals surface area contributed by atoms with E-state index in [9.17, 15) is 4.79 Å². The summed E-state index contributed by atoms with van der Waals surface area (Å²) in [6.07, 6.45) is 0. The Kier molecular flexibility index (Phi) is 4.83. The van der Waals surface area contributed by atoms with Gasteiger partial charge in [0.1, 0.15) is 0 Å². The summed E-state index contributed by atoms with van der Waals surface area (Å²) in [4.78, 5) is 12.2. The zero-order chi connectivity index (χ0) is 16.9. The first-order valence-corrected chi connectivity index (χ1v) is 7.95. The van der Waals surface area contributed by atoms with E-state index in [2.05, 4.69) is 16.0 Å². The Morgan fingerprint density at radius 3 is 2.25 bits per heavy atom. The van der Waals surface area contributed by atoms with Crippen LogP contribution in [0.2, 0.25) is 0 Å². The van der Waals surface area contributed by atoms with E-state index in [1.165, 1.54) is 0 Å². The molecule has 24 heavy (non-hydrogen) atoms. The van der Waals surface area contributed by atoms with Crippen LogP contribution in [0.3, 0.4) is 0 Å². The lowest BCUT2D eigenvalue weighted by Gasteiger charge is -2.09. The third kappa shape index (κ3) is 3.58. The highest BCUT2D eigenvalue weighted by Gasteiger charge is 2.16. The maximum atomic E-state index is 12.2. The molecule has 5 nitrogen and oxygen atoms in total. The van der Waals surface area contributed by atoms with Crippen molar-refractivity contribution in [3.63, 3.8) is 0 Å². The predicted octanol–water partition coefficient (Wildman–Crippen LogP) is 2.61. The average Bonchev–Trinajstić information content (AvgIpc) is 3.06. The second kappa shape index (κ2) is 7.20. The molecule has 0 aliphatic heterocycles. The normalized spacial score (nSPS) is 10.2. The molecule has 0 unspecified atom stereocenters. The molecule has 3 aromatic rings. The lowest BCUT2D eigenvalue weighted by atomic mass is 10.1. The van der Waals surface area contributed by atoms with Crippen molar-refractivity contribution in [1.29, 1.82) is 0 Å². The van der Waals surface area contributed by atoms with E-state index in [1.54, 1.807) is 10.7 Å². The maximum absolute atomic E-state index is 12.2. The number of nitrogens with zero attached hydrogens (tertiary/aromatic N) is 2. The maximum Gasteiger partial charge on any atom is 0.290 e. The van der Waals surface area contributed by atoms with Gasteiger partial charge in [0.05, 0.1) is 11.4 Å². The number of hydrogen-bond acceptors (Lipinski definition) is 4. The van der Waals surface area contributed by atoms with Crippen molar-refractivity contribution in [3.8, 4) is 16.9 Å². The van der Waals surface area contributed by atoms with Gasteiger partial charge in [-0.15, -0.1) is 0 Å². The van der Waals surface area contributed by atoms with Crippen LogP contribution in [0.5, 0.6) is 0 Å². The molecule has 0 aliphatic rings. The van der Waals surface area contributed by atoms with Gasteiger partial charge in [-0.3, -0.25) is 10.2 Å². The summed E-state index contributed by atoms with van der Waals surface area (Å²) in [6, 6.07) is 21.1. The molecule has 0 aliphatic carbocycles. The van der Waals surface area contributed by atoms with E-state index < -0.39 is 5.91 Å². The summed E-state index contributed by atoms with van der Waals surface area (Å²) in [5.41, 5.74) is 7.78. The van der Waals surface area contributed by atoms with Crippen molar-refractivity contribution in [3.05, 3.63) is 72.4 Å². The minimum absolute atomic E-state index is 0.0640. The molecule has 2 N–H and O–H groups in total. The monoisotopic (exact) mass is 353 g/mol. The number of hydrazine groups is 1. The Morgan fingerprint density at radius 2 is 1.62 bits per heavy atom. The minimum Gasteiger partial charge on any atom is -0.410 e. The van der Waals surface area contributed by atoms with Gasteiger partial charge in [-0.25, -0.2) is 4.68 Å². The zero-order valence-corrected chi connectivity index (χ0v) is 14.1. The standard InChI is InChI=1S/C17H14N4OS2/c22-16(18-19-17(23)24)14-11-15(12-7-3-1-4-8-12)21(20-14)13-9-5-2-6-10-13/h1-11H,(H,18,22)(H2,19,23,24)/p-1. The van der Waals surface area contributed by atoms with Gasteiger partial charge >= 0.3 is 0 Å². The molecule has 1 amide bonds. The van der Waals surface area contributed by atoms with Crippen molar-refractivity contribution >= 4 is 35.1 Å². The van der Waals surface area contributed by atoms with E-state index in [0.717, 1.165) is 16.9 Å². The van der Waals surface area contributed by atoms with Gasteiger partial charge in [-0.2, -0.15) is 5.10 Å². The molecular weight excluding hydrogens is 340 g/mol.